The van der Waals surface area contributed by atoms with E-state index < -0.39 is 0 Å². The van der Waals surface area contributed by atoms with Crippen molar-refractivity contribution in [3.8, 4) is 0 Å². The molecule has 0 fully saturated rings. The zero-order chi connectivity index (χ0) is 8.27. The van der Waals surface area contributed by atoms with Crippen LogP contribution in [0, 0.1) is 26.0 Å². The molecule has 0 saturated carbocycles. The SMILES string of the molecule is C[C-]=Cc1[c-]c(C)nc(C)n1.[V].[Y]. The maximum atomic E-state index is 4.14. The second-order valence-corrected chi connectivity index (χ2v) is 2.30. The summed E-state index contributed by atoms with van der Waals surface area (Å²) >= 11 is 0. The molecule has 0 bridgehead atoms. The number of allylic oxidation sites excluding steroid dienone is 1. The van der Waals surface area contributed by atoms with Crippen molar-refractivity contribution in [3.05, 3.63) is 29.4 Å². The van der Waals surface area contributed by atoms with Crippen LogP contribution in [0.4, 0.5) is 0 Å². The maximum absolute atomic E-state index is 4.14. The number of aryl methyl sites for hydroxylation is 2. The van der Waals surface area contributed by atoms with E-state index in [0.29, 0.717) is 0 Å². The Balaban J connectivity index is 0. The largest absolute Gasteiger partial charge is 0.378 e. The van der Waals surface area contributed by atoms with E-state index in [9.17, 15) is 0 Å². The molecule has 0 aromatic carbocycles. The zero-order valence-corrected chi connectivity index (χ0v) is 12.2. The minimum atomic E-state index is 0. The minimum Gasteiger partial charge on any atom is -0.378 e. The van der Waals surface area contributed by atoms with E-state index in [1.807, 2.05) is 20.8 Å². The summed E-state index contributed by atoms with van der Waals surface area (Å²) in [6.45, 7) is 5.61. The van der Waals surface area contributed by atoms with Gasteiger partial charge in [-0.1, -0.05) is 5.69 Å². The molecule has 1 rings (SSSR count). The molecule has 0 saturated heterocycles. The Morgan fingerprint density at radius 3 is 2.38 bits per heavy atom. The summed E-state index contributed by atoms with van der Waals surface area (Å²) in [6, 6.07) is 3.01. The molecule has 1 aromatic heterocycles. The fraction of sp³-hybridized carbons (Fsp3) is 0.333. The first-order valence-corrected chi connectivity index (χ1v) is 3.47. The summed E-state index contributed by atoms with van der Waals surface area (Å²) in [7, 11) is 0. The second-order valence-electron chi connectivity index (χ2n) is 2.30. The molecule has 1 heterocycles. The fourth-order valence-corrected chi connectivity index (χ4v) is 0.888. The van der Waals surface area contributed by atoms with E-state index in [4.69, 9.17) is 0 Å². The summed E-state index contributed by atoms with van der Waals surface area (Å²) in [5.74, 6) is 0.780. The molecule has 4 heteroatoms. The maximum Gasteiger partial charge on any atom is 0.102 e. The van der Waals surface area contributed by atoms with Crippen LogP contribution >= 0.6 is 0 Å². The molecule has 13 heavy (non-hydrogen) atoms. The molecule has 1 aromatic rings. The molecule has 0 amide bonds. The molecule has 0 N–H and O–H groups in total. The van der Waals surface area contributed by atoms with Crippen molar-refractivity contribution in [2.75, 3.05) is 0 Å². The number of hydrogen-bond donors (Lipinski definition) is 0. The Morgan fingerprint density at radius 1 is 1.31 bits per heavy atom. The monoisotopic (exact) mass is 286 g/mol. The molecule has 0 aliphatic heterocycles. The van der Waals surface area contributed by atoms with Gasteiger partial charge in [-0.05, 0) is 13.8 Å². The van der Waals surface area contributed by atoms with Gasteiger partial charge in [0, 0.05) is 51.3 Å². The van der Waals surface area contributed by atoms with Gasteiger partial charge in [-0.15, -0.1) is 6.92 Å². The first kappa shape index (κ1) is 16.0. The Morgan fingerprint density at radius 2 is 1.92 bits per heavy atom. The van der Waals surface area contributed by atoms with Gasteiger partial charge in [0.2, 0.25) is 0 Å². The first-order valence-electron chi connectivity index (χ1n) is 3.47. The molecule has 2 nitrogen and oxygen atoms in total. The topological polar surface area (TPSA) is 25.8 Å². The smallest absolute Gasteiger partial charge is 0.102 e. The predicted molar refractivity (Wildman–Crippen MR) is 43.7 cm³/mol. The molecule has 0 aliphatic rings. The third kappa shape index (κ3) is 5.74. The van der Waals surface area contributed by atoms with Crippen LogP contribution in [0.25, 0.3) is 6.08 Å². The fourth-order valence-electron chi connectivity index (χ4n) is 0.888. The van der Waals surface area contributed by atoms with Crippen LogP contribution in [0.15, 0.2) is 0 Å². The average molecular weight is 286 g/mol. The summed E-state index contributed by atoms with van der Waals surface area (Å²) < 4.78 is 0. The van der Waals surface area contributed by atoms with Gasteiger partial charge in [-0.3, -0.25) is 10.7 Å². The van der Waals surface area contributed by atoms with Crippen molar-refractivity contribution in [2.24, 2.45) is 0 Å². The van der Waals surface area contributed by atoms with Crippen molar-refractivity contribution in [1.29, 1.82) is 0 Å². The van der Waals surface area contributed by atoms with Crippen molar-refractivity contribution in [3.63, 3.8) is 0 Å². The van der Waals surface area contributed by atoms with E-state index in [-0.39, 0.29) is 51.3 Å². The number of rotatable bonds is 1. The Bertz CT molecular complexity index is 267. The van der Waals surface area contributed by atoms with Crippen molar-refractivity contribution in [2.45, 2.75) is 20.8 Å². The summed E-state index contributed by atoms with van der Waals surface area (Å²) in [4.78, 5) is 8.24. The van der Waals surface area contributed by atoms with Gasteiger partial charge in [-0.2, -0.15) is 0 Å². The van der Waals surface area contributed by atoms with Crippen LogP contribution in [0.1, 0.15) is 24.1 Å². The number of nitrogens with zero attached hydrogens (tertiary/aromatic N) is 2. The molecule has 0 aliphatic carbocycles. The first-order chi connectivity index (χ1) is 5.22. The average Bonchev–Trinajstić information content (AvgIpc) is 1.85. The zero-order valence-electron chi connectivity index (χ0n) is 8.00. The van der Waals surface area contributed by atoms with Gasteiger partial charge in [0.1, 0.15) is 5.82 Å². The predicted octanol–water partition coefficient (Wildman–Crippen LogP) is 1.72. The van der Waals surface area contributed by atoms with Crippen LogP contribution in [-0.4, -0.2) is 9.97 Å². The number of hydrogen-bond acceptors (Lipinski definition) is 2. The Kier molecular flexibility index (Phi) is 9.66. The van der Waals surface area contributed by atoms with Gasteiger partial charge in [0.15, 0.2) is 0 Å². The molecular formula is C9H10N2VY-2. The van der Waals surface area contributed by atoms with E-state index in [0.717, 1.165) is 17.2 Å². The van der Waals surface area contributed by atoms with Gasteiger partial charge in [0.25, 0.3) is 0 Å². The second kappa shape index (κ2) is 7.87. The normalized spacial score (nSPS) is 9.15. The molecule has 0 unspecified atom stereocenters. The van der Waals surface area contributed by atoms with Crippen LogP contribution in [0.5, 0.6) is 0 Å². The quantitative estimate of drug-likeness (QED) is 0.735. The molecule has 0 atom stereocenters. The third-order valence-electron chi connectivity index (χ3n) is 1.20. The summed E-state index contributed by atoms with van der Waals surface area (Å²) in [5.41, 5.74) is 1.68. The Labute approximate surface area is 116 Å². The molecular weight excluding hydrogens is 276 g/mol. The van der Waals surface area contributed by atoms with Crippen molar-refractivity contribution < 1.29 is 51.3 Å². The molecule has 0 spiro atoms. The van der Waals surface area contributed by atoms with Crippen LogP contribution in [-0.2, 0) is 51.3 Å². The number of aromatic nitrogens is 2. The minimum absolute atomic E-state index is 0. The Hall–Kier alpha value is 0.508. The van der Waals surface area contributed by atoms with Crippen molar-refractivity contribution in [1.82, 2.24) is 9.97 Å². The van der Waals surface area contributed by atoms with Gasteiger partial charge < -0.3 is 23.2 Å². The summed E-state index contributed by atoms with van der Waals surface area (Å²) in [5, 5.41) is 0. The van der Waals surface area contributed by atoms with Crippen LogP contribution in [0.3, 0.4) is 0 Å². The standard InChI is InChI=1S/C9H10N2.V.Y/c1-4-5-9-6-7(2)10-8(3)11-9;;/h5H,1-3H3;;/q-2;;. The van der Waals surface area contributed by atoms with E-state index in [2.05, 4.69) is 22.1 Å². The van der Waals surface area contributed by atoms with Crippen LogP contribution in [0.2, 0.25) is 0 Å². The van der Waals surface area contributed by atoms with Gasteiger partial charge in [0.05, 0.1) is 0 Å². The van der Waals surface area contributed by atoms with E-state index in [1.54, 1.807) is 6.08 Å². The van der Waals surface area contributed by atoms with Crippen LogP contribution < -0.4 is 0 Å². The van der Waals surface area contributed by atoms with Gasteiger partial charge >= 0.3 is 0 Å². The molecule has 66 valence electrons. The molecule has 2 radical (unpaired) electrons. The van der Waals surface area contributed by atoms with E-state index >= 15 is 0 Å². The van der Waals surface area contributed by atoms with Gasteiger partial charge in [-0.25, -0.2) is 0 Å². The summed E-state index contributed by atoms with van der Waals surface area (Å²) in [6.07, 6.45) is 4.69. The third-order valence-corrected chi connectivity index (χ3v) is 1.20. The van der Waals surface area contributed by atoms with Crippen molar-refractivity contribution >= 4 is 6.08 Å². The van der Waals surface area contributed by atoms with E-state index in [1.165, 1.54) is 0 Å².